The van der Waals surface area contributed by atoms with Gasteiger partial charge in [0.1, 0.15) is 0 Å². The predicted octanol–water partition coefficient (Wildman–Crippen LogP) is 6.93. The zero-order valence-electron chi connectivity index (χ0n) is 20.6. The molecule has 0 aliphatic heterocycles. The predicted molar refractivity (Wildman–Crippen MR) is 139 cm³/mol. The zero-order chi connectivity index (χ0) is 24.0. The molecule has 0 unspecified atom stereocenters. The summed E-state index contributed by atoms with van der Waals surface area (Å²) in [6.45, 7) is 10.7. The van der Waals surface area contributed by atoms with Crippen molar-refractivity contribution in [3.8, 4) is 0 Å². The van der Waals surface area contributed by atoms with Crippen molar-refractivity contribution in [3.05, 3.63) is 105 Å². The number of benzene rings is 3. The van der Waals surface area contributed by atoms with Crippen molar-refractivity contribution in [3.63, 3.8) is 0 Å². The van der Waals surface area contributed by atoms with E-state index in [4.69, 9.17) is 15.6 Å². The minimum Gasteiger partial charge on any atom is -0.478 e. The Morgan fingerprint density at radius 1 is 0.697 bits per heavy atom. The maximum Gasteiger partial charge on any atom is 0.213 e. The molecule has 3 aromatic carbocycles. The summed E-state index contributed by atoms with van der Waals surface area (Å²) >= 11 is 0. The average molecular weight is 441 g/mol. The second-order valence-corrected chi connectivity index (χ2v) is 9.00. The van der Waals surface area contributed by atoms with Crippen LogP contribution in [0.4, 0.5) is 0 Å². The summed E-state index contributed by atoms with van der Waals surface area (Å²) in [6.07, 6.45) is 4.02. The van der Waals surface area contributed by atoms with Crippen LogP contribution in [0.15, 0.2) is 54.6 Å². The minimum absolute atomic E-state index is 0.244. The highest BCUT2D eigenvalue weighted by atomic mass is 16.5. The lowest BCUT2D eigenvalue weighted by Gasteiger charge is -2.12. The first-order chi connectivity index (χ1) is 15.8. The normalized spacial score (nSPS) is 10.8. The Balaban J connectivity index is 1.66. The van der Waals surface area contributed by atoms with Crippen LogP contribution >= 0.6 is 0 Å². The Hall–Kier alpha value is -3.20. The van der Waals surface area contributed by atoms with Gasteiger partial charge in [0.25, 0.3) is 0 Å². The van der Waals surface area contributed by atoms with Gasteiger partial charge in [-0.1, -0.05) is 42.0 Å². The maximum absolute atomic E-state index is 7.99. The third kappa shape index (κ3) is 6.64. The number of hydrogen-bond acceptors (Lipinski definition) is 3. The average Bonchev–Trinajstić information content (AvgIpc) is 2.77. The number of hydrogen-bond donors (Lipinski definition) is 2. The molecule has 0 saturated carbocycles. The van der Waals surface area contributed by atoms with Crippen LogP contribution in [-0.4, -0.2) is 18.2 Å². The summed E-state index contributed by atoms with van der Waals surface area (Å²) in [5.41, 5.74) is 11.7. The van der Waals surface area contributed by atoms with Gasteiger partial charge in [0.05, 0.1) is 6.61 Å². The van der Waals surface area contributed by atoms with E-state index < -0.39 is 0 Å². The highest BCUT2D eigenvalue weighted by Crippen LogP contribution is 2.19. The third-order valence-corrected chi connectivity index (χ3v) is 6.23. The molecule has 172 valence electrons. The van der Waals surface area contributed by atoms with Crippen molar-refractivity contribution in [1.29, 1.82) is 10.8 Å². The largest absolute Gasteiger partial charge is 0.478 e. The van der Waals surface area contributed by atoms with Crippen molar-refractivity contribution in [2.45, 2.75) is 60.3 Å². The van der Waals surface area contributed by atoms with E-state index in [9.17, 15) is 0 Å². The molecule has 33 heavy (non-hydrogen) atoms. The smallest absolute Gasteiger partial charge is 0.213 e. The molecule has 2 N–H and O–H groups in total. The molecular formula is C30H36N2O. The monoisotopic (exact) mass is 440 g/mol. The summed E-state index contributed by atoms with van der Waals surface area (Å²) in [7, 11) is 0. The van der Waals surface area contributed by atoms with E-state index in [1.807, 2.05) is 19.9 Å². The number of rotatable bonds is 9. The molecule has 0 spiro atoms. The van der Waals surface area contributed by atoms with Crippen LogP contribution in [-0.2, 0) is 30.4 Å². The van der Waals surface area contributed by atoms with Crippen molar-refractivity contribution < 1.29 is 4.74 Å². The molecule has 0 amide bonds. The standard InChI is InChI=1S/C30H36N2O/c1-6-33-30(32)29-14-12-27(22(4)18-29)10-8-25-16-20(2)15-24(19-25)7-9-26-11-13-28(23(5)31)17-21(26)3/h11-19,31-32H,6-10H2,1-5H3. The fraction of sp³-hybridized carbons (Fsp3) is 0.333. The van der Waals surface area contributed by atoms with Crippen LogP contribution in [0, 0.1) is 31.6 Å². The van der Waals surface area contributed by atoms with Gasteiger partial charge in [-0.05, 0) is 117 Å². The van der Waals surface area contributed by atoms with Crippen LogP contribution in [0.1, 0.15) is 63.9 Å². The maximum atomic E-state index is 7.99. The zero-order valence-corrected chi connectivity index (χ0v) is 20.6. The van der Waals surface area contributed by atoms with Crippen molar-refractivity contribution in [1.82, 2.24) is 0 Å². The van der Waals surface area contributed by atoms with E-state index in [0.29, 0.717) is 12.3 Å². The molecule has 0 saturated heterocycles. The lowest BCUT2D eigenvalue weighted by atomic mass is 9.94. The van der Waals surface area contributed by atoms with Crippen molar-refractivity contribution in [2.75, 3.05) is 6.61 Å². The van der Waals surface area contributed by atoms with Crippen molar-refractivity contribution in [2.24, 2.45) is 0 Å². The molecule has 0 fully saturated rings. The quantitative estimate of drug-likeness (QED) is 0.275. The first-order valence-corrected chi connectivity index (χ1v) is 11.8. The molecule has 3 heteroatoms. The molecule has 0 aromatic heterocycles. The van der Waals surface area contributed by atoms with E-state index in [1.54, 1.807) is 0 Å². The molecule has 3 rings (SSSR count). The van der Waals surface area contributed by atoms with E-state index in [0.717, 1.165) is 36.8 Å². The van der Waals surface area contributed by atoms with Gasteiger partial charge in [0, 0.05) is 11.3 Å². The molecule has 0 bridgehead atoms. The third-order valence-electron chi connectivity index (χ3n) is 6.23. The molecule has 3 nitrogen and oxygen atoms in total. The lowest BCUT2D eigenvalue weighted by Crippen LogP contribution is -2.06. The first kappa shape index (κ1) is 24.4. The number of ether oxygens (including phenoxy) is 1. The highest BCUT2D eigenvalue weighted by molar-refractivity contribution is 5.96. The highest BCUT2D eigenvalue weighted by Gasteiger charge is 2.08. The van der Waals surface area contributed by atoms with Gasteiger partial charge >= 0.3 is 0 Å². The fourth-order valence-corrected chi connectivity index (χ4v) is 4.35. The van der Waals surface area contributed by atoms with Gasteiger partial charge in [-0.2, -0.15) is 0 Å². The summed E-state index contributed by atoms with van der Waals surface area (Å²) in [5.74, 6) is 0.244. The Morgan fingerprint density at radius 2 is 1.21 bits per heavy atom. The molecule has 0 aliphatic carbocycles. The van der Waals surface area contributed by atoms with Gasteiger partial charge in [-0.3, -0.25) is 5.41 Å². The van der Waals surface area contributed by atoms with Crippen molar-refractivity contribution >= 4 is 11.6 Å². The first-order valence-electron chi connectivity index (χ1n) is 11.8. The molecule has 0 atom stereocenters. The Kier molecular flexibility index (Phi) is 8.21. The lowest BCUT2D eigenvalue weighted by molar-refractivity contribution is 0.325. The van der Waals surface area contributed by atoms with Gasteiger partial charge in [-0.15, -0.1) is 0 Å². The summed E-state index contributed by atoms with van der Waals surface area (Å²) in [5, 5.41) is 15.8. The summed E-state index contributed by atoms with van der Waals surface area (Å²) in [6, 6.07) is 19.5. The second-order valence-electron chi connectivity index (χ2n) is 9.00. The fourth-order valence-electron chi connectivity index (χ4n) is 4.35. The Morgan fingerprint density at radius 3 is 1.70 bits per heavy atom. The Labute approximate surface area is 198 Å². The summed E-state index contributed by atoms with van der Waals surface area (Å²) < 4.78 is 5.33. The van der Waals surface area contributed by atoms with E-state index in [1.165, 1.54) is 38.9 Å². The van der Waals surface area contributed by atoms with E-state index in [-0.39, 0.29) is 5.90 Å². The topological polar surface area (TPSA) is 56.9 Å². The van der Waals surface area contributed by atoms with Crippen LogP contribution in [0.5, 0.6) is 0 Å². The molecule has 0 radical (unpaired) electrons. The number of aryl methyl sites for hydroxylation is 7. The molecule has 0 aliphatic rings. The van der Waals surface area contributed by atoms with Gasteiger partial charge < -0.3 is 10.1 Å². The van der Waals surface area contributed by atoms with Crippen LogP contribution in [0.3, 0.4) is 0 Å². The SMILES string of the molecule is CCOC(=N)c1ccc(CCc2cc(C)cc(CCc3ccc(C(C)=N)cc3C)c2)c(C)c1. The van der Waals surface area contributed by atoms with Gasteiger partial charge in [-0.25, -0.2) is 0 Å². The van der Waals surface area contributed by atoms with Gasteiger partial charge in [0.2, 0.25) is 5.90 Å². The summed E-state index contributed by atoms with van der Waals surface area (Å²) in [4.78, 5) is 0. The Bertz CT molecular complexity index is 1160. The second kappa shape index (κ2) is 11.1. The molecule has 0 heterocycles. The van der Waals surface area contributed by atoms with Gasteiger partial charge in [0.15, 0.2) is 0 Å². The van der Waals surface area contributed by atoms with Crippen LogP contribution in [0.25, 0.3) is 0 Å². The van der Waals surface area contributed by atoms with Crippen LogP contribution < -0.4 is 0 Å². The number of nitrogens with one attached hydrogen (secondary N) is 2. The van der Waals surface area contributed by atoms with E-state index >= 15 is 0 Å². The van der Waals surface area contributed by atoms with E-state index in [2.05, 4.69) is 69.3 Å². The minimum atomic E-state index is 0.244. The molecule has 3 aromatic rings. The molecular weight excluding hydrogens is 404 g/mol. The van der Waals surface area contributed by atoms with Crippen LogP contribution in [0.2, 0.25) is 0 Å².